The molecule has 1 aromatic rings. The lowest BCUT2D eigenvalue weighted by Gasteiger charge is -2.15. The third kappa shape index (κ3) is 3.71. The quantitative estimate of drug-likeness (QED) is 0.417. The molecule has 0 fully saturated rings. The van der Waals surface area contributed by atoms with Crippen molar-refractivity contribution in [1.29, 1.82) is 0 Å². The van der Waals surface area contributed by atoms with Crippen molar-refractivity contribution in [2.75, 3.05) is 20.7 Å². The predicted molar refractivity (Wildman–Crippen MR) is 67.3 cm³/mol. The summed E-state index contributed by atoms with van der Waals surface area (Å²) in [6.45, 7) is -0.0635. The lowest BCUT2D eigenvalue weighted by molar-refractivity contribution is -0.389. The van der Waals surface area contributed by atoms with Crippen LogP contribution in [-0.2, 0) is 19.6 Å². The molecule has 0 aliphatic heterocycles. The van der Waals surface area contributed by atoms with E-state index in [0.717, 1.165) is 22.6 Å². The zero-order valence-electron chi connectivity index (χ0n) is 10.8. The summed E-state index contributed by atoms with van der Waals surface area (Å²) in [5.41, 5.74) is 0. The van der Waals surface area contributed by atoms with Crippen molar-refractivity contribution in [3.05, 3.63) is 28.4 Å². The molecule has 1 rings (SSSR count). The van der Waals surface area contributed by atoms with Crippen LogP contribution in [0.5, 0.6) is 0 Å². The average Bonchev–Trinajstić information content (AvgIpc) is 2.44. The molecule has 0 unspecified atom stereocenters. The Morgan fingerprint density at radius 1 is 1.50 bits per heavy atom. The summed E-state index contributed by atoms with van der Waals surface area (Å²) in [6.07, 6.45) is 0.814. The van der Waals surface area contributed by atoms with E-state index in [9.17, 15) is 23.3 Å². The van der Waals surface area contributed by atoms with Crippen LogP contribution in [-0.4, -0.2) is 49.3 Å². The first-order valence-electron chi connectivity index (χ1n) is 5.42. The summed E-state index contributed by atoms with van der Waals surface area (Å²) in [5, 5.41) is 10.4. The van der Waals surface area contributed by atoms with Gasteiger partial charge in [0.25, 0.3) is 0 Å². The Hall–Kier alpha value is -2.07. The highest BCUT2D eigenvalue weighted by molar-refractivity contribution is 7.89. The molecule has 0 aliphatic rings. The highest BCUT2D eigenvalue weighted by Gasteiger charge is 2.23. The number of hydrogen-bond acceptors (Lipinski definition) is 7. The highest BCUT2D eigenvalue weighted by Crippen LogP contribution is 2.16. The second-order valence-corrected chi connectivity index (χ2v) is 5.81. The zero-order valence-corrected chi connectivity index (χ0v) is 11.7. The Labute approximate surface area is 115 Å². The second-order valence-electron chi connectivity index (χ2n) is 3.76. The van der Waals surface area contributed by atoms with E-state index in [1.807, 2.05) is 0 Å². The lowest BCUT2D eigenvalue weighted by atomic mass is 10.4. The lowest BCUT2D eigenvalue weighted by Crippen LogP contribution is -2.29. The summed E-state index contributed by atoms with van der Waals surface area (Å²) in [5.74, 6) is -0.977. The molecule has 20 heavy (non-hydrogen) atoms. The first-order chi connectivity index (χ1) is 9.28. The number of sulfonamides is 1. The molecule has 9 nitrogen and oxygen atoms in total. The number of esters is 1. The molecule has 0 amide bonds. The van der Waals surface area contributed by atoms with Crippen LogP contribution in [0.1, 0.15) is 6.42 Å². The number of hydrogen-bond donors (Lipinski definition) is 0. The van der Waals surface area contributed by atoms with E-state index in [1.54, 1.807) is 0 Å². The Balaban J connectivity index is 2.87. The van der Waals surface area contributed by atoms with E-state index in [1.165, 1.54) is 14.2 Å². The maximum atomic E-state index is 12.1. The molecule has 1 heterocycles. The van der Waals surface area contributed by atoms with Gasteiger partial charge in [-0.1, -0.05) is 0 Å². The van der Waals surface area contributed by atoms with Crippen molar-refractivity contribution in [2.24, 2.45) is 0 Å². The molecule has 0 saturated heterocycles. The number of aromatic nitrogens is 1. The number of pyridine rings is 1. The van der Waals surface area contributed by atoms with E-state index in [4.69, 9.17) is 0 Å². The minimum absolute atomic E-state index is 0.0635. The molecule has 0 radical (unpaired) electrons. The number of methoxy groups -OCH3 is 1. The van der Waals surface area contributed by atoms with E-state index in [0.29, 0.717) is 0 Å². The van der Waals surface area contributed by atoms with Crippen LogP contribution in [0, 0.1) is 10.1 Å². The fourth-order valence-corrected chi connectivity index (χ4v) is 2.40. The fourth-order valence-electron chi connectivity index (χ4n) is 1.28. The summed E-state index contributed by atoms with van der Waals surface area (Å²) in [4.78, 5) is 23.9. The molecule has 0 spiro atoms. The smallest absolute Gasteiger partial charge is 0.363 e. The number of ether oxygens (including phenoxy) is 1. The average molecular weight is 303 g/mol. The summed E-state index contributed by atoms with van der Waals surface area (Å²) in [6, 6.07) is 2.09. The van der Waals surface area contributed by atoms with E-state index in [-0.39, 0.29) is 17.9 Å². The number of nitro groups is 1. The molecule has 10 heteroatoms. The fraction of sp³-hybridized carbons (Fsp3) is 0.400. The summed E-state index contributed by atoms with van der Waals surface area (Å²) < 4.78 is 29.5. The van der Waals surface area contributed by atoms with Gasteiger partial charge in [-0.25, -0.2) is 12.7 Å². The van der Waals surface area contributed by atoms with Gasteiger partial charge in [-0.05, 0) is 16.0 Å². The van der Waals surface area contributed by atoms with Gasteiger partial charge >= 0.3 is 11.8 Å². The van der Waals surface area contributed by atoms with Crippen molar-refractivity contribution >= 4 is 21.8 Å². The molecule has 0 aliphatic carbocycles. The van der Waals surface area contributed by atoms with Crippen molar-refractivity contribution < 1.29 is 22.9 Å². The Morgan fingerprint density at radius 3 is 2.60 bits per heavy atom. The monoisotopic (exact) mass is 303 g/mol. The van der Waals surface area contributed by atoms with Crippen LogP contribution >= 0.6 is 0 Å². The normalized spacial score (nSPS) is 11.3. The second kappa shape index (κ2) is 6.39. The topological polar surface area (TPSA) is 120 Å². The number of carbonyl (C=O) groups is 1. The van der Waals surface area contributed by atoms with E-state index in [2.05, 4.69) is 9.72 Å². The Bertz CT molecular complexity index is 598. The zero-order chi connectivity index (χ0) is 15.3. The maximum absolute atomic E-state index is 12.1. The molecule has 0 aromatic carbocycles. The molecular weight excluding hydrogens is 290 g/mol. The molecule has 1 aromatic heterocycles. The van der Waals surface area contributed by atoms with Crippen LogP contribution < -0.4 is 0 Å². The molecule has 0 bridgehead atoms. The Kier molecular flexibility index (Phi) is 5.11. The van der Waals surface area contributed by atoms with Crippen LogP contribution in [0.3, 0.4) is 0 Å². The van der Waals surface area contributed by atoms with Gasteiger partial charge in [0.1, 0.15) is 4.90 Å². The largest absolute Gasteiger partial charge is 0.469 e. The highest BCUT2D eigenvalue weighted by atomic mass is 32.2. The SMILES string of the molecule is COC(=O)CCN(C)S(=O)(=O)c1ccc([N+](=O)[O-])nc1. The molecule has 0 atom stereocenters. The number of nitrogens with zero attached hydrogens (tertiary/aromatic N) is 3. The number of rotatable bonds is 6. The van der Waals surface area contributed by atoms with E-state index < -0.39 is 26.7 Å². The molecule has 0 saturated carbocycles. The van der Waals surface area contributed by atoms with Crippen molar-refractivity contribution in [3.8, 4) is 0 Å². The van der Waals surface area contributed by atoms with E-state index >= 15 is 0 Å². The van der Waals surface area contributed by atoms with Gasteiger partial charge in [-0.3, -0.25) is 4.79 Å². The minimum Gasteiger partial charge on any atom is -0.469 e. The Morgan fingerprint density at radius 2 is 2.15 bits per heavy atom. The maximum Gasteiger partial charge on any atom is 0.363 e. The van der Waals surface area contributed by atoms with Gasteiger partial charge in [0.05, 0.1) is 13.5 Å². The predicted octanol–water partition coefficient (Wildman–Crippen LogP) is 0.173. The minimum atomic E-state index is -3.84. The van der Waals surface area contributed by atoms with Gasteiger partial charge in [-0.15, -0.1) is 0 Å². The van der Waals surface area contributed by atoms with Gasteiger partial charge in [0, 0.05) is 19.7 Å². The van der Waals surface area contributed by atoms with Gasteiger partial charge in [-0.2, -0.15) is 0 Å². The van der Waals surface area contributed by atoms with Crippen molar-refractivity contribution in [2.45, 2.75) is 11.3 Å². The third-order valence-corrected chi connectivity index (χ3v) is 4.31. The molecule has 0 N–H and O–H groups in total. The van der Waals surface area contributed by atoms with Gasteiger partial charge in [0.2, 0.25) is 10.0 Å². The summed E-state index contributed by atoms with van der Waals surface area (Å²) >= 11 is 0. The first-order valence-corrected chi connectivity index (χ1v) is 6.86. The first kappa shape index (κ1) is 16.0. The van der Waals surface area contributed by atoms with Gasteiger partial charge < -0.3 is 14.9 Å². The molecular formula is C10H13N3O6S. The standard InChI is InChI=1S/C10H13N3O6S/c1-12(6-5-10(14)19-2)20(17,18)8-3-4-9(11-7-8)13(15)16/h3-4,7H,5-6H2,1-2H3. The van der Waals surface area contributed by atoms with Crippen LogP contribution in [0.15, 0.2) is 23.2 Å². The van der Waals surface area contributed by atoms with Crippen LogP contribution in [0.2, 0.25) is 0 Å². The van der Waals surface area contributed by atoms with Gasteiger partial charge in [0.15, 0.2) is 6.20 Å². The third-order valence-electron chi connectivity index (χ3n) is 2.47. The number of carbonyl (C=O) groups excluding carboxylic acids is 1. The van der Waals surface area contributed by atoms with Crippen molar-refractivity contribution in [3.63, 3.8) is 0 Å². The summed E-state index contributed by atoms with van der Waals surface area (Å²) in [7, 11) is -1.35. The van der Waals surface area contributed by atoms with Crippen molar-refractivity contribution in [1.82, 2.24) is 9.29 Å². The molecule has 110 valence electrons. The van der Waals surface area contributed by atoms with Crippen LogP contribution in [0.25, 0.3) is 0 Å². The van der Waals surface area contributed by atoms with Crippen LogP contribution in [0.4, 0.5) is 5.82 Å².